The molecule has 1 fully saturated rings. The molecule has 0 unspecified atom stereocenters. The van der Waals surface area contributed by atoms with Crippen LogP contribution in [-0.2, 0) is 0 Å². The molecule has 4 nitrogen and oxygen atoms in total. The monoisotopic (exact) mass is 407 g/mol. The molecule has 1 aromatic heterocycles. The molecule has 30 heavy (non-hydrogen) atoms. The summed E-state index contributed by atoms with van der Waals surface area (Å²) in [4.78, 5) is 16.3. The molecule has 1 saturated heterocycles. The Morgan fingerprint density at radius 2 is 1.70 bits per heavy atom. The van der Waals surface area contributed by atoms with Gasteiger partial charge in [0.25, 0.3) is 0 Å². The van der Waals surface area contributed by atoms with Crippen LogP contribution in [0.2, 0.25) is 0 Å². The summed E-state index contributed by atoms with van der Waals surface area (Å²) in [6.07, 6.45) is 3.85. The molecule has 0 spiro atoms. The van der Waals surface area contributed by atoms with Gasteiger partial charge in [-0.05, 0) is 34.2 Å². The van der Waals surface area contributed by atoms with Gasteiger partial charge in [-0.25, -0.2) is 0 Å². The summed E-state index contributed by atoms with van der Waals surface area (Å²) < 4.78 is 0. The minimum atomic E-state index is -1.40. The average molecular weight is 407 g/mol. The number of hydrogen-bond donors (Lipinski definition) is 0. The zero-order chi connectivity index (χ0) is 20.7. The number of carbonyl (C=O) groups is 1. The van der Waals surface area contributed by atoms with E-state index < -0.39 is 23.4 Å². The summed E-state index contributed by atoms with van der Waals surface area (Å²) in [5.74, 6) is -0.635. The van der Waals surface area contributed by atoms with Crippen LogP contribution < -0.4 is 0 Å². The largest absolute Gasteiger partial charge is 0.357 e. The lowest BCUT2D eigenvalue weighted by Crippen LogP contribution is -2.37. The van der Waals surface area contributed by atoms with Crippen LogP contribution in [0.3, 0.4) is 0 Å². The number of nitrogens with zero attached hydrogens (tertiary/aromatic N) is 3. The fraction of sp³-hybridized carbons (Fsp3) is 0.160. The van der Waals surface area contributed by atoms with Crippen molar-refractivity contribution in [3.8, 4) is 12.1 Å². The maximum atomic E-state index is 13.7. The minimum Gasteiger partial charge on any atom is -0.357 e. The number of thiophene rings is 1. The van der Waals surface area contributed by atoms with Crippen molar-refractivity contribution in [1.29, 1.82) is 10.5 Å². The van der Waals surface area contributed by atoms with E-state index in [4.69, 9.17) is 0 Å². The molecule has 3 heterocycles. The highest BCUT2D eigenvalue weighted by Crippen LogP contribution is 2.60. The first-order chi connectivity index (χ1) is 14.7. The van der Waals surface area contributed by atoms with Crippen LogP contribution in [0.15, 0.2) is 78.3 Å². The Kier molecular flexibility index (Phi) is 4.28. The molecule has 0 bridgehead atoms. The molecule has 5 rings (SSSR count). The van der Waals surface area contributed by atoms with Crippen LogP contribution in [0.5, 0.6) is 0 Å². The summed E-state index contributed by atoms with van der Waals surface area (Å²) in [6, 6.07) is 24.5. The topological polar surface area (TPSA) is 67.9 Å². The third-order valence-corrected chi connectivity index (χ3v) is 7.02. The molecule has 3 atom stereocenters. The number of rotatable bonds is 3. The number of carbonyl (C=O) groups excluding carboxylic acids is 1. The zero-order valence-corrected chi connectivity index (χ0v) is 16.8. The third kappa shape index (κ3) is 2.46. The predicted molar refractivity (Wildman–Crippen MR) is 115 cm³/mol. The lowest BCUT2D eigenvalue weighted by atomic mass is 9.67. The van der Waals surface area contributed by atoms with Gasteiger partial charge in [-0.3, -0.25) is 4.79 Å². The van der Waals surface area contributed by atoms with E-state index in [2.05, 4.69) is 12.1 Å². The van der Waals surface area contributed by atoms with Gasteiger partial charge in [0.05, 0.1) is 23.1 Å². The van der Waals surface area contributed by atoms with Crippen molar-refractivity contribution in [3.63, 3.8) is 0 Å². The Labute approximate surface area is 178 Å². The average Bonchev–Trinajstić information content (AvgIpc) is 3.44. The Balaban J connectivity index is 1.79. The highest BCUT2D eigenvalue weighted by atomic mass is 32.1. The Morgan fingerprint density at radius 3 is 2.40 bits per heavy atom. The van der Waals surface area contributed by atoms with Gasteiger partial charge in [0.15, 0.2) is 11.2 Å². The Hall–Kier alpha value is -3.67. The number of fused-ring (bicyclic) bond motifs is 3. The Morgan fingerprint density at radius 1 is 0.967 bits per heavy atom. The van der Waals surface area contributed by atoms with E-state index in [1.165, 1.54) is 11.3 Å². The van der Waals surface area contributed by atoms with Crippen molar-refractivity contribution in [1.82, 2.24) is 4.90 Å². The number of nitriles is 2. The maximum Gasteiger partial charge on any atom is 0.195 e. The van der Waals surface area contributed by atoms with Crippen LogP contribution in [0.1, 0.15) is 38.3 Å². The van der Waals surface area contributed by atoms with Crippen molar-refractivity contribution < 1.29 is 4.79 Å². The number of ketones is 1. The van der Waals surface area contributed by atoms with Crippen LogP contribution in [0.25, 0.3) is 6.08 Å². The fourth-order valence-corrected chi connectivity index (χ4v) is 5.59. The lowest BCUT2D eigenvalue weighted by Gasteiger charge is -2.34. The third-order valence-electron chi connectivity index (χ3n) is 6.14. The van der Waals surface area contributed by atoms with Crippen LogP contribution in [0, 0.1) is 28.1 Å². The van der Waals surface area contributed by atoms with Crippen LogP contribution in [-0.4, -0.2) is 16.7 Å². The molecule has 0 aliphatic carbocycles. The second-order valence-electron chi connectivity index (χ2n) is 7.56. The van der Waals surface area contributed by atoms with Gasteiger partial charge in [-0.15, -0.1) is 11.3 Å². The van der Waals surface area contributed by atoms with E-state index in [1.54, 1.807) is 0 Å². The zero-order valence-electron chi connectivity index (χ0n) is 16.0. The molecule has 0 N–H and O–H groups in total. The van der Waals surface area contributed by atoms with Gasteiger partial charge in [-0.1, -0.05) is 60.7 Å². The SMILES string of the molecule is N#CC1(C#N)[C@@H]2c3ccccc3C=CN2[C@@H](C(=O)c2cccs2)[C@@H]1c1ccccc1. The molecule has 144 valence electrons. The first-order valence-corrected chi connectivity index (χ1v) is 10.6. The van der Waals surface area contributed by atoms with E-state index in [1.807, 2.05) is 89.3 Å². The van der Waals surface area contributed by atoms with E-state index in [9.17, 15) is 15.3 Å². The molecule has 2 aliphatic heterocycles. The Bertz CT molecular complexity index is 1200. The number of Topliss-reactive ketones (excluding diaryl/α,β-unsaturated/α-hetero) is 1. The summed E-state index contributed by atoms with van der Waals surface area (Å²) >= 11 is 1.39. The summed E-state index contributed by atoms with van der Waals surface area (Å²) in [5, 5.41) is 22.7. The minimum absolute atomic E-state index is 0.0553. The summed E-state index contributed by atoms with van der Waals surface area (Å²) in [7, 11) is 0. The second kappa shape index (κ2) is 6.99. The summed E-state index contributed by atoms with van der Waals surface area (Å²) in [6.45, 7) is 0. The fourth-order valence-electron chi connectivity index (χ4n) is 4.89. The van der Waals surface area contributed by atoms with Gasteiger partial charge in [-0.2, -0.15) is 10.5 Å². The van der Waals surface area contributed by atoms with Gasteiger partial charge in [0.2, 0.25) is 0 Å². The van der Waals surface area contributed by atoms with Gasteiger partial charge in [0, 0.05) is 12.1 Å². The normalized spacial score (nSPS) is 23.1. The molecule has 2 aliphatic rings. The highest BCUT2D eigenvalue weighted by Gasteiger charge is 2.63. The first kappa shape index (κ1) is 18.4. The van der Waals surface area contributed by atoms with Crippen molar-refractivity contribution in [2.24, 2.45) is 5.41 Å². The molecule has 0 amide bonds. The second-order valence-corrected chi connectivity index (χ2v) is 8.51. The van der Waals surface area contributed by atoms with Crippen molar-refractivity contribution >= 4 is 23.2 Å². The quantitative estimate of drug-likeness (QED) is 0.563. The highest BCUT2D eigenvalue weighted by molar-refractivity contribution is 7.12. The molecule has 2 aromatic carbocycles. The van der Waals surface area contributed by atoms with E-state index in [0.717, 1.165) is 16.7 Å². The predicted octanol–water partition coefficient (Wildman–Crippen LogP) is 5.16. The number of hydrogen-bond acceptors (Lipinski definition) is 5. The van der Waals surface area contributed by atoms with Gasteiger partial charge in [0.1, 0.15) is 6.04 Å². The van der Waals surface area contributed by atoms with Gasteiger partial charge >= 0.3 is 0 Å². The maximum absolute atomic E-state index is 13.7. The van der Waals surface area contributed by atoms with Crippen LogP contribution in [0.4, 0.5) is 0 Å². The van der Waals surface area contributed by atoms with E-state index in [0.29, 0.717) is 4.88 Å². The molecule has 0 saturated carbocycles. The lowest BCUT2D eigenvalue weighted by molar-refractivity contribution is 0.0879. The van der Waals surface area contributed by atoms with Crippen molar-refractivity contribution in [3.05, 3.63) is 99.9 Å². The van der Waals surface area contributed by atoms with Gasteiger partial charge < -0.3 is 4.90 Å². The first-order valence-electron chi connectivity index (χ1n) is 9.71. The molecular formula is C25H17N3OS. The molecule has 0 radical (unpaired) electrons. The van der Waals surface area contributed by atoms with E-state index in [-0.39, 0.29) is 5.78 Å². The van der Waals surface area contributed by atoms with Crippen molar-refractivity contribution in [2.75, 3.05) is 0 Å². The standard InChI is InChI=1S/C25H17N3OS/c26-15-25(16-27)21(18-8-2-1-3-9-18)22(23(29)20-11-6-14-30-20)28-13-12-17-7-4-5-10-19(17)24(25)28/h1-14,21-22,24H/t21-,22+,24-/m0/s1. The molecule has 3 aromatic rings. The van der Waals surface area contributed by atoms with Crippen LogP contribution >= 0.6 is 11.3 Å². The number of benzene rings is 2. The summed E-state index contributed by atoms with van der Waals surface area (Å²) in [5.41, 5.74) is 1.31. The smallest absolute Gasteiger partial charge is 0.195 e. The molecular weight excluding hydrogens is 390 g/mol. The molecule has 5 heteroatoms. The van der Waals surface area contributed by atoms with E-state index >= 15 is 0 Å². The van der Waals surface area contributed by atoms with Crippen molar-refractivity contribution in [2.45, 2.75) is 18.0 Å².